The summed E-state index contributed by atoms with van der Waals surface area (Å²) in [5.74, 6) is -9.08. The number of allylic oxidation sites excluding steroid dienone is 7. The van der Waals surface area contributed by atoms with Crippen molar-refractivity contribution in [3.8, 4) is 5.75 Å². The van der Waals surface area contributed by atoms with E-state index in [-0.39, 0.29) is 35.3 Å². The number of phenolic OH excluding ortho intramolecular Hbond substituents is 1. The maximum absolute atomic E-state index is 14.4. The predicted molar refractivity (Wildman–Crippen MR) is 212 cm³/mol. The zero-order valence-corrected chi connectivity index (χ0v) is 33.6. The van der Waals surface area contributed by atoms with Crippen molar-refractivity contribution in [1.29, 1.82) is 0 Å². The molecule has 4 bridgehead atoms. The molecule has 14 nitrogen and oxygen atoms in total. The Morgan fingerprint density at radius 3 is 2.14 bits per heavy atom. The Kier molecular flexibility index (Phi) is 16.5. The molecule has 0 unspecified atom stereocenters. The third-order valence-corrected chi connectivity index (χ3v) is 10.00. The van der Waals surface area contributed by atoms with E-state index >= 15 is 0 Å². The molecule has 14 heteroatoms. The van der Waals surface area contributed by atoms with Gasteiger partial charge < -0.3 is 41.0 Å². The standard InChI is InChI=1S/C44H52N2O12/c1-22-12-10-8-9-11-13-35(51)46-38-31(20-32(44(57)58)45-28(7)47)42(55)36-30(43(38)56)19-27(6)41(54)37(36)40(53)26(5)18-25(4)39(52)24(3)15-17-29(48)16-14-23(2)34(50)21-33(22)49/h8-15,17-19,22,24-25,29,32-33,39,48-49,52,54H,16,20-21H2,1-7H3,(H,45,47)(H,46,51)(H,57,58)/p-1/b9-8-,12-10+,13-11-,17-15+,23-14+,26-18+/t22-,24-,25-,29-,32-,33-,39-/m0/s1. The maximum atomic E-state index is 14.4. The molecule has 0 aromatic heterocycles. The van der Waals surface area contributed by atoms with Gasteiger partial charge in [0, 0.05) is 60.3 Å². The smallest absolute Gasteiger partial charge is 0.248 e. The molecular formula is C44H51N2O12-. The number of carbonyl (C=O) groups is 7. The summed E-state index contributed by atoms with van der Waals surface area (Å²) >= 11 is 0. The number of aliphatic hydroxyl groups excluding tert-OH is 3. The second-order valence-electron chi connectivity index (χ2n) is 14.8. The second kappa shape index (κ2) is 20.5. The predicted octanol–water partition coefficient (Wildman–Crippen LogP) is 2.75. The van der Waals surface area contributed by atoms with E-state index in [0.29, 0.717) is 5.57 Å². The van der Waals surface area contributed by atoms with Crippen LogP contribution in [0.5, 0.6) is 5.75 Å². The van der Waals surface area contributed by atoms with E-state index in [4.69, 9.17) is 0 Å². The molecule has 0 saturated heterocycles. The number of ketones is 4. The first-order chi connectivity index (χ1) is 27.2. The van der Waals surface area contributed by atoms with Crippen LogP contribution >= 0.6 is 0 Å². The number of nitrogens with one attached hydrogen (secondary N) is 2. The van der Waals surface area contributed by atoms with Gasteiger partial charge in [0.2, 0.25) is 17.6 Å². The minimum Gasteiger partial charge on any atom is -0.548 e. The SMILES string of the molecule is CC(=O)N[C@@H](CC1=C2NC(=O)\C=C/C=C\C=C\[C@H](C)[C@@H](O)CC(=O)/C(C)=C/C[C@H](O)/C=C/[C@H](C)[C@H](O)[C@@H](C)/C=C(\C)C(=O)c3c(O)c(C)cc(c3C1=O)C2=O)C(=O)[O-]. The molecule has 4 rings (SSSR count). The lowest BCUT2D eigenvalue weighted by molar-refractivity contribution is -0.308. The van der Waals surface area contributed by atoms with E-state index in [0.717, 1.165) is 13.0 Å². The van der Waals surface area contributed by atoms with Gasteiger partial charge in [0.15, 0.2) is 17.3 Å². The van der Waals surface area contributed by atoms with E-state index in [9.17, 15) is 59.1 Å². The number of fused-ring (bicyclic) bond motifs is 18. The lowest BCUT2D eigenvalue weighted by Gasteiger charge is -2.27. The van der Waals surface area contributed by atoms with Crippen LogP contribution in [0.1, 0.15) is 97.4 Å². The molecule has 2 heterocycles. The first-order valence-electron chi connectivity index (χ1n) is 18.8. The van der Waals surface area contributed by atoms with E-state index in [1.165, 1.54) is 50.3 Å². The number of hydrogen-bond acceptors (Lipinski definition) is 12. The van der Waals surface area contributed by atoms with Crippen LogP contribution in [-0.4, -0.2) is 85.7 Å². The molecule has 0 fully saturated rings. The number of amides is 2. The van der Waals surface area contributed by atoms with Gasteiger partial charge >= 0.3 is 0 Å². The van der Waals surface area contributed by atoms with Crippen molar-refractivity contribution in [1.82, 2.24) is 10.6 Å². The molecule has 2 aliphatic heterocycles. The van der Waals surface area contributed by atoms with E-state index < -0.39 is 112 Å². The molecule has 1 aromatic rings. The highest BCUT2D eigenvalue weighted by molar-refractivity contribution is 6.32. The van der Waals surface area contributed by atoms with Gasteiger partial charge in [0.05, 0.1) is 41.6 Å². The van der Waals surface area contributed by atoms with Crippen molar-refractivity contribution in [2.75, 3.05) is 0 Å². The van der Waals surface area contributed by atoms with Crippen molar-refractivity contribution in [3.63, 3.8) is 0 Å². The number of aryl methyl sites for hydroxylation is 1. The molecule has 2 amide bonds. The number of benzene rings is 1. The third-order valence-electron chi connectivity index (χ3n) is 10.00. The average molecular weight is 800 g/mol. The van der Waals surface area contributed by atoms with Gasteiger partial charge in [0.1, 0.15) is 5.75 Å². The number of hydrogen-bond donors (Lipinski definition) is 6. The average Bonchev–Trinajstić information content (AvgIpc) is 3.16. The number of carboxylic acid groups (broad SMARTS) is 1. The lowest BCUT2D eigenvalue weighted by Crippen LogP contribution is -2.48. The molecule has 1 aromatic carbocycles. The lowest BCUT2D eigenvalue weighted by atomic mass is 9.79. The van der Waals surface area contributed by atoms with Crippen molar-refractivity contribution in [2.24, 2.45) is 17.8 Å². The Labute approximate surface area is 337 Å². The summed E-state index contributed by atoms with van der Waals surface area (Å²) in [4.78, 5) is 92.5. The molecule has 310 valence electrons. The minimum absolute atomic E-state index is 0.0246. The number of carbonyl (C=O) groups excluding carboxylic acids is 7. The maximum Gasteiger partial charge on any atom is 0.248 e. The topological polar surface area (TPSA) is 248 Å². The number of aliphatic carboxylic acids is 1. The normalized spacial score (nSPS) is 29.0. The van der Waals surface area contributed by atoms with E-state index in [2.05, 4.69) is 10.6 Å². The molecule has 0 spiro atoms. The van der Waals surface area contributed by atoms with Crippen LogP contribution in [0.2, 0.25) is 0 Å². The highest BCUT2D eigenvalue weighted by Crippen LogP contribution is 2.38. The number of phenols is 1. The quantitative estimate of drug-likeness (QED) is 0.241. The van der Waals surface area contributed by atoms with Gasteiger partial charge in [-0.25, -0.2) is 0 Å². The summed E-state index contributed by atoms with van der Waals surface area (Å²) in [7, 11) is 0. The van der Waals surface area contributed by atoms with E-state index in [1.54, 1.807) is 52.0 Å². The zero-order chi connectivity index (χ0) is 43.6. The van der Waals surface area contributed by atoms with Gasteiger partial charge in [-0.3, -0.25) is 28.8 Å². The molecule has 3 aliphatic rings. The highest BCUT2D eigenvalue weighted by atomic mass is 16.4. The van der Waals surface area contributed by atoms with Crippen molar-refractivity contribution >= 4 is 40.9 Å². The fourth-order valence-electron chi connectivity index (χ4n) is 6.44. The van der Waals surface area contributed by atoms with Crippen LogP contribution in [0.15, 0.2) is 89.2 Å². The summed E-state index contributed by atoms with van der Waals surface area (Å²) in [5, 5.41) is 60.1. The van der Waals surface area contributed by atoms with Gasteiger partial charge in [-0.05, 0) is 50.0 Å². The first kappa shape index (κ1) is 46.6. The fraction of sp³-hybridized carbons (Fsp3) is 0.386. The van der Waals surface area contributed by atoms with Gasteiger partial charge in [0.25, 0.3) is 0 Å². The summed E-state index contributed by atoms with van der Waals surface area (Å²) in [5.41, 5.74) is -2.28. The number of rotatable bonds is 4. The Morgan fingerprint density at radius 2 is 1.50 bits per heavy atom. The molecule has 0 radical (unpaired) electrons. The molecule has 0 saturated carbocycles. The summed E-state index contributed by atoms with van der Waals surface area (Å²) in [6.07, 6.45) is 10.5. The Morgan fingerprint density at radius 1 is 0.845 bits per heavy atom. The zero-order valence-electron chi connectivity index (χ0n) is 33.6. The molecule has 6 N–H and O–H groups in total. The Balaban J connectivity index is 2.21. The molecule has 58 heavy (non-hydrogen) atoms. The fourth-order valence-corrected chi connectivity index (χ4v) is 6.44. The highest BCUT2D eigenvalue weighted by Gasteiger charge is 2.39. The Bertz CT molecular complexity index is 2060. The summed E-state index contributed by atoms with van der Waals surface area (Å²) < 4.78 is 0. The number of Topliss-reactive ketones (excluding diaryl/α,β-unsaturated/α-hetero) is 4. The molecular weight excluding hydrogens is 748 g/mol. The van der Waals surface area contributed by atoms with E-state index in [1.807, 2.05) is 0 Å². The van der Waals surface area contributed by atoms with Gasteiger partial charge in [-0.15, -0.1) is 0 Å². The monoisotopic (exact) mass is 799 g/mol. The summed E-state index contributed by atoms with van der Waals surface area (Å²) in [6.45, 7) is 10.4. The largest absolute Gasteiger partial charge is 0.548 e. The van der Waals surface area contributed by atoms with Crippen molar-refractivity contribution < 1.29 is 59.1 Å². The van der Waals surface area contributed by atoms with Crippen LogP contribution < -0.4 is 15.7 Å². The van der Waals surface area contributed by atoms with Gasteiger partial charge in [-0.2, -0.15) is 0 Å². The molecule has 7 atom stereocenters. The number of carboxylic acids is 1. The number of aromatic hydroxyl groups is 1. The number of aliphatic hydroxyl groups is 3. The van der Waals surface area contributed by atoms with Crippen LogP contribution in [0.4, 0.5) is 0 Å². The first-order valence-corrected chi connectivity index (χ1v) is 18.8. The molecule has 1 aliphatic carbocycles. The van der Waals surface area contributed by atoms with Crippen molar-refractivity contribution in [2.45, 2.75) is 92.1 Å². The van der Waals surface area contributed by atoms with Crippen molar-refractivity contribution in [3.05, 3.63) is 111 Å². The summed E-state index contributed by atoms with van der Waals surface area (Å²) in [6, 6.07) is -0.681. The van der Waals surface area contributed by atoms with Crippen LogP contribution in [0.25, 0.3) is 0 Å². The van der Waals surface area contributed by atoms with Gasteiger partial charge in [-0.1, -0.05) is 75.5 Å². The Hall–Kier alpha value is -5.83. The van der Waals surface area contributed by atoms with Crippen LogP contribution in [0, 0.1) is 24.7 Å². The van der Waals surface area contributed by atoms with Crippen LogP contribution in [0.3, 0.4) is 0 Å². The van der Waals surface area contributed by atoms with Crippen LogP contribution in [-0.2, 0) is 19.2 Å². The second-order valence-corrected chi connectivity index (χ2v) is 14.8. The minimum atomic E-state index is -1.85. The third kappa shape index (κ3) is 11.9.